The average molecular weight is 404 g/mol. The Kier molecular flexibility index (Phi) is 7.31. The van der Waals surface area contributed by atoms with E-state index in [0.717, 1.165) is 21.2 Å². The molecule has 2 aromatic carbocycles. The van der Waals surface area contributed by atoms with E-state index in [4.69, 9.17) is 4.74 Å². The van der Waals surface area contributed by atoms with Gasteiger partial charge >= 0.3 is 0 Å². The van der Waals surface area contributed by atoms with Crippen LogP contribution in [0.25, 0.3) is 0 Å². The average Bonchev–Trinajstić information content (AvgIpc) is 2.67. The lowest BCUT2D eigenvalue weighted by molar-refractivity contribution is -0.121. The van der Waals surface area contributed by atoms with Crippen LogP contribution in [0.15, 0.2) is 58.5 Å². The summed E-state index contributed by atoms with van der Waals surface area (Å²) < 4.78 is 31.3. The van der Waals surface area contributed by atoms with Gasteiger partial charge in [0.1, 0.15) is 5.75 Å². The van der Waals surface area contributed by atoms with Gasteiger partial charge in [0, 0.05) is 19.2 Å². The number of nitrogens with zero attached hydrogens (tertiary/aromatic N) is 2. The molecule has 8 heteroatoms. The zero-order valence-electron chi connectivity index (χ0n) is 16.5. The summed E-state index contributed by atoms with van der Waals surface area (Å²) in [4.78, 5) is 12.3. The molecule has 0 fully saturated rings. The second-order valence-electron chi connectivity index (χ2n) is 6.44. The molecule has 0 aliphatic carbocycles. The van der Waals surface area contributed by atoms with E-state index >= 15 is 0 Å². The van der Waals surface area contributed by atoms with Gasteiger partial charge in [0.25, 0.3) is 5.91 Å². The van der Waals surface area contributed by atoms with Crippen molar-refractivity contribution in [2.24, 2.45) is 5.10 Å². The second kappa shape index (κ2) is 9.48. The molecule has 2 aromatic rings. The fourth-order valence-corrected chi connectivity index (χ4v) is 3.66. The highest BCUT2D eigenvalue weighted by molar-refractivity contribution is 7.89. The number of hydrazone groups is 1. The van der Waals surface area contributed by atoms with Crippen LogP contribution in [0.3, 0.4) is 0 Å². The number of likely N-dealkylation sites (N-methyl/N-ethyl adjacent to an activating group) is 1. The summed E-state index contributed by atoms with van der Waals surface area (Å²) in [6.45, 7) is 3.32. The first kappa shape index (κ1) is 21.6. The molecule has 2 rings (SSSR count). The van der Waals surface area contributed by atoms with Gasteiger partial charge in [-0.05, 0) is 37.6 Å². The fraction of sp³-hybridized carbons (Fsp3) is 0.300. The van der Waals surface area contributed by atoms with Crippen LogP contribution in [0, 0.1) is 6.92 Å². The first-order valence-corrected chi connectivity index (χ1v) is 10.1. The predicted octanol–water partition coefficient (Wildman–Crippen LogP) is 2.36. The SMILES string of the molecule is COc1ccccc1C/C(C)=N\NC(=O)CN(C)S(=O)(=O)c1ccc(C)cc1. The van der Waals surface area contributed by atoms with Crippen LogP contribution in [0.5, 0.6) is 5.75 Å². The molecule has 1 amide bonds. The Bertz CT molecular complexity index is 954. The lowest BCUT2D eigenvalue weighted by atomic mass is 10.1. The number of hydrogen-bond donors (Lipinski definition) is 1. The smallest absolute Gasteiger partial charge is 0.255 e. The van der Waals surface area contributed by atoms with Crippen molar-refractivity contribution < 1.29 is 17.9 Å². The van der Waals surface area contributed by atoms with E-state index in [9.17, 15) is 13.2 Å². The number of ether oxygens (including phenoxy) is 1. The van der Waals surface area contributed by atoms with Crippen LogP contribution >= 0.6 is 0 Å². The Morgan fingerprint density at radius 1 is 1.14 bits per heavy atom. The zero-order chi connectivity index (χ0) is 20.7. The minimum Gasteiger partial charge on any atom is -0.496 e. The van der Waals surface area contributed by atoms with Crippen LogP contribution in [-0.4, -0.2) is 45.0 Å². The van der Waals surface area contributed by atoms with Crippen molar-refractivity contribution in [2.45, 2.75) is 25.2 Å². The normalized spacial score (nSPS) is 12.1. The molecule has 0 spiro atoms. The number of carbonyl (C=O) groups excluding carboxylic acids is 1. The van der Waals surface area contributed by atoms with Crippen molar-refractivity contribution in [1.82, 2.24) is 9.73 Å². The summed E-state index contributed by atoms with van der Waals surface area (Å²) in [5, 5.41) is 4.05. The maximum Gasteiger partial charge on any atom is 0.255 e. The van der Waals surface area contributed by atoms with Gasteiger partial charge in [-0.2, -0.15) is 9.41 Å². The molecule has 0 radical (unpaired) electrons. The lowest BCUT2D eigenvalue weighted by Gasteiger charge is -2.16. The number of methoxy groups -OCH3 is 1. The second-order valence-corrected chi connectivity index (χ2v) is 8.49. The van der Waals surface area contributed by atoms with Crippen LogP contribution < -0.4 is 10.2 Å². The number of rotatable bonds is 8. The molecule has 0 unspecified atom stereocenters. The first-order valence-electron chi connectivity index (χ1n) is 8.71. The van der Waals surface area contributed by atoms with Gasteiger partial charge in [0.15, 0.2) is 0 Å². The van der Waals surface area contributed by atoms with Crippen LogP contribution in [0.4, 0.5) is 0 Å². The van der Waals surface area contributed by atoms with E-state index in [2.05, 4.69) is 10.5 Å². The molecule has 0 saturated heterocycles. The molecule has 7 nitrogen and oxygen atoms in total. The summed E-state index contributed by atoms with van der Waals surface area (Å²) in [6, 6.07) is 14.0. The Labute approximate surface area is 166 Å². The quantitative estimate of drug-likeness (QED) is 0.541. The molecule has 150 valence electrons. The minimum absolute atomic E-state index is 0.143. The molecule has 1 N–H and O–H groups in total. The van der Waals surface area contributed by atoms with Crippen LogP contribution in [0.2, 0.25) is 0 Å². The first-order chi connectivity index (χ1) is 13.2. The molecule has 0 aliphatic rings. The van der Waals surface area contributed by atoms with E-state index in [-0.39, 0.29) is 11.4 Å². The van der Waals surface area contributed by atoms with Gasteiger partial charge in [0.05, 0.1) is 18.6 Å². The number of benzene rings is 2. The molecule has 28 heavy (non-hydrogen) atoms. The van der Waals surface area contributed by atoms with Gasteiger partial charge in [-0.3, -0.25) is 4.79 Å². The highest BCUT2D eigenvalue weighted by Crippen LogP contribution is 2.18. The third-order valence-corrected chi connectivity index (χ3v) is 5.92. The summed E-state index contributed by atoms with van der Waals surface area (Å²) >= 11 is 0. The maximum atomic E-state index is 12.5. The van der Waals surface area contributed by atoms with E-state index < -0.39 is 15.9 Å². The monoisotopic (exact) mass is 403 g/mol. The molecule has 0 aliphatic heterocycles. The number of para-hydroxylation sites is 1. The molecule has 0 aromatic heterocycles. The highest BCUT2D eigenvalue weighted by Gasteiger charge is 2.22. The number of sulfonamides is 1. The third-order valence-electron chi connectivity index (χ3n) is 4.11. The third kappa shape index (κ3) is 5.64. The Hall–Kier alpha value is -2.71. The summed E-state index contributed by atoms with van der Waals surface area (Å²) in [6.07, 6.45) is 0.502. The topological polar surface area (TPSA) is 88.1 Å². The van der Waals surface area contributed by atoms with Crippen LogP contribution in [0.1, 0.15) is 18.1 Å². The van der Waals surface area contributed by atoms with Gasteiger partial charge in [0.2, 0.25) is 10.0 Å². The molecule has 0 heterocycles. The maximum absolute atomic E-state index is 12.5. The van der Waals surface area contributed by atoms with Gasteiger partial charge < -0.3 is 4.74 Å². The lowest BCUT2D eigenvalue weighted by Crippen LogP contribution is -2.37. The minimum atomic E-state index is -3.74. The Balaban J connectivity index is 1.97. The van der Waals surface area contributed by atoms with Crippen LogP contribution in [-0.2, 0) is 21.2 Å². The number of aryl methyl sites for hydroxylation is 1. The highest BCUT2D eigenvalue weighted by atomic mass is 32.2. The molecule has 0 saturated carbocycles. The largest absolute Gasteiger partial charge is 0.496 e. The van der Waals surface area contributed by atoms with Crippen molar-refractivity contribution >= 4 is 21.6 Å². The van der Waals surface area contributed by atoms with Crippen molar-refractivity contribution in [1.29, 1.82) is 0 Å². The number of carbonyl (C=O) groups is 1. The van der Waals surface area contributed by atoms with Crippen molar-refractivity contribution in [3.8, 4) is 5.75 Å². The molecular weight excluding hydrogens is 378 g/mol. The summed E-state index contributed by atoms with van der Waals surface area (Å²) in [5.74, 6) is 0.227. The van der Waals surface area contributed by atoms with Crippen molar-refractivity contribution in [3.05, 3.63) is 59.7 Å². The predicted molar refractivity (Wildman–Crippen MR) is 109 cm³/mol. The van der Waals surface area contributed by atoms with Gasteiger partial charge in [-0.1, -0.05) is 35.9 Å². The molecule has 0 bridgehead atoms. The van der Waals surface area contributed by atoms with E-state index in [1.807, 2.05) is 31.2 Å². The Morgan fingerprint density at radius 2 is 1.79 bits per heavy atom. The molecule has 0 atom stereocenters. The van der Waals surface area contributed by atoms with Gasteiger partial charge in [-0.15, -0.1) is 0 Å². The van der Waals surface area contributed by atoms with E-state index in [1.54, 1.807) is 26.2 Å². The fourth-order valence-electron chi connectivity index (χ4n) is 2.53. The Morgan fingerprint density at radius 3 is 2.43 bits per heavy atom. The summed E-state index contributed by atoms with van der Waals surface area (Å²) in [7, 11) is -0.783. The number of hydrogen-bond acceptors (Lipinski definition) is 5. The van der Waals surface area contributed by atoms with E-state index in [0.29, 0.717) is 12.1 Å². The summed E-state index contributed by atoms with van der Waals surface area (Å²) in [5.41, 5.74) is 4.98. The number of nitrogens with one attached hydrogen (secondary N) is 1. The van der Waals surface area contributed by atoms with E-state index in [1.165, 1.54) is 19.2 Å². The van der Waals surface area contributed by atoms with Crippen molar-refractivity contribution in [3.63, 3.8) is 0 Å². The number of amides is 1. The molecular formula is C20H25N3O4S. The standard InChI is InChI=1S/C20H25N3O4S/c1-15-9-11-18(12-10-15)28(25,26)23(3)14-20(24)22-21-16(2)13-17-7-5-6-8-19(17)27-4/h5-12H,13-14H2,1-4H3,(H,22,24)/b21-16-. The van der Waals surface area contributed by atoms with Gasteiger partial charge in [-0.25, -0.2) is 13.8 Å². The van der Waals surface area contributed by atoms with Crippen molar-refractivity contribution in [2.75, 3.05) is 20.7 Å². The zero-order valence-corrected chi connectivity index (χ0v) is 17.3.